The van der Waals surface area contributed by atoms with Gasteiger partial charge in [-0.15, -0.1) is 0 Å². The van der Waals surface area contributed by atoms with E-state index in [1.54, 1.807) is 34.6 Å². The highest BCUT2D eigenvalue weighted by Gasteiger charge is 2.59. The summed E-state index contributed by atoms with van der Waals surface area (Å²) in [5.74, 6) is -2.37. The molecule has 1 aromatic heterocycles. The van der Waals surface area contributed by atoms with Crippen molar-refractivity contribution < 1.29 is 53.0 Å². The number of rotatable bonds is 12. The Bertz CT molecular complexity index is 1500. The first-order chi connectivity index (χ1) is 23.9. The van der Waals surface area contributed by atoms with Crippen LogP contribution in [0.25, 0.3) is 0 Å². The van der Waals surface area contributed by atoms with E-state index in [0.29, 0.717) is 0 Å². The van der Waals surface area contributed by atoms with Gasteiger partial charge in [-0.25, -0.2) is 19.4 Å². The zero-order chi connectivity index (χ0) is 38.1. The second-order valence-electron chi connectivity index (χ2n) is 14.7. The molecule has 1 aliphatic heterocycles. The number of methoxy groups -OCH3 is 1. The van der Waals surface area contributed by atoms with E-state index >= 15 is 0 Å². The van der Waals surface area contributed by atoms with Gasteiger partial charge in [0.15, 0.2) is 18.0 Å². The third-order valence-corrected chi connectivity index (χ3v) is 8.83. The third-order valence-electron chi connectivity index (χ3n) is 8.83. The highest BCUT2D eigenvalue weighted by atomic mass is 16.6. The van der Waals surface area contributed by atoms with Crippen LogP contribution in [0.3, 0.4) is 0 Å². The van der Waals surface area contributed by atoms with Crippen LogP contribution in [0, 0.1) is 23.2 Å². The largest absolute Gasteiger partial charge is 0.463 e. The predicted molar refractivity (Wildman–Crippen MR) is 183 cm³/mol. The van der Waals surface area contributed by atoms with Crippen molar-refractivity contribution in [3.05, 3.63) is 23.5 Å². The van der Waals surface area contributed by atoms with E-state index in [1.165, 1.54) is 33.1 Å². The summed E-state index contributed by atoms with van der Waals surface area (Å²) in [6.45, 7) is 11.0. The van der Waals surface area contributed by atoms with E-state index in [9.17, 15) is 29.5 Å². The maximum absolute atomic E-state index is 13.6. The van der Waals surface area contributed by atoms with Crippen LogP contribution in [0.4, 0.5) is 4.79 Å². The summed E-state index contributed by atoms with van der Waals surface area (Å²) in [6, 6.07) is 3.69. The number of nitrogens with two attached hydrogens (primary N) is 1. The molecule has 6 N–H and O–H groups in total. The number of ether oxygens (including phenoxy) is 5. The summed E-state index contributed by atoms with van der Waals surface area (Å²) < 4.78 is 28.1. The minimum atomic E-state index is -2.18. The maximum Gasteiger partial charge on any atom is 0.408 e. The number of amides is 2. The normalized spacial score (nSPS) is 23.9. The molecule has 1 saturated heterocycles. The lowest BCUT2D eigenvalue weighted by Crippen LogP contribution is -2.76. The van der Waals surface area contributed by atoms with Gasteiger partial charge in [0, 0.05) is 13.5 Å². The Morgan fingerprint density at radius 3 is 2.43 bits per heavy atom. The lowest BCUT2D eigenvalue weighted by molar-refractivity contribution is -0.309. The number of aromatic nitrogens is 1. The number of nitrogens with one attached hydrogen (secondary N) is 3. The number of H-pyrrole nitrogens is 1. The third kappa shape index (κ3) is 10.6. The minimum absolute atomic E-state index is 0.0156. The summed E-state index contributed by atoms with van der Waals surface area (Å²) in [5.41, 5.74) is 1.50. The molecule has 0 bridgehead atoms. The molecule has 0 radical (unpaired) electrons. The molecule has 3 rings (SSSR count). The van der Waals surface area contributed by atoms with Crippen molar-refractivity contribution in [2.75, 3.05) is 13.7 Å². The molecule has 1 aromatic rings. The monoisotopic (exact) mass is 717 g/mol. The van der Waals surface area contributed by atoms with Crippen LogP contribution in [0.2, 0.25) is 0 Å². The van der Waals surface area contributed by atoms with Gasteiger partial charge in [-0.2, -0.15) is 5.26 Å². The lowest BCUT2D eigenvalue weighted by atomic mass is 9.87. The molecule has 0 unspecified atom stereocenters. The number of carbonyl (C=O) groups excluding carboxylic acids is 4. The Kier molecular flexibility index (Phi) is 13.9. The number of alkyl carbamates (subject to hydrolysis) is 1. The van der Waals surface area contributed by atoms with Gasteiger partial charge in [0.05, 0.1) is 5.69 Å². The highest BCUT2D eigenvalue weighted by Crippen LogP contribution is 2.41. The van der Waals surface area contributed by atoms with Gasteiger partial charge in [-0.3, -0.25) is 4.79 Å². The van der Waals surface area contributed by atoms with Crippen molar-refractivity contribution in [3.8, 4) is 6.07 Å². The second kappa shape index (κ2) is 17.3. The molecule has 2 heterocycles. The van der Waals surface area contributed by atoms with Crippen molar-refractivity contribution in [1.82, 2.24) is 10.3 Å². The molecule has 1 aliphatic carbocycles. The van der Waals surface area contributed by atoms with E-state index in [0.717, 1.165) is 38.4 Å². The summed E-state index contributed by atoms with van der Waals surface area (Å²) in [5, 5.41) is 24.8. The summed E-state index contributed by atoms with van der Waals surface area (Å²) in [6.07, 6.45) is 0.777. The Morgan fingerprint density at radius 1 is 1.20 bits per heavy atom. The molecule has 0 aromatic carbocycles. The summed E-state index contributed by atoms with van der Waals surface area (Å²) >= 11 is 0. The fraction of sp³-hybridized carbons (Fsp3) is 0.686. The number of hydrogen-bond donors (Lipinski definition) is 5. The topological polar surface area (TPSA) is 239 Å². The zero-order valence-electron chi connectivity index (χ0n) is 30.7. The number of esters is 2. The fourth-order valence-corrected chi connectivity index (χ4v) is 5.78. The zero-order valence-corrected chi connectivity index (χ0v) is 30.7. The van der Waals surface area contributed by atoms with E-state index < -0.39 is 77.6 Å². The Labute approximate surface area is 298 Å². The van der Waals surface area contributed by atoms with Gasteiger partial charge in [0.25, 0.3) is 5.84 Å². The van der Waals surface area contributed by atoms with Gasteiger partial charge in [-0.1, -0.05) is 38.1 Å². The molecule has 1 saturated carbocycles. The Morgan fingerprint density at radius 2 is 1.86 bits per heavy atom. The predicted octanol–water partition coefficient (Wildman–Crippen LogP) is 1.23. The number of amidine groups is 1. The Balaban J connectivity index is 1.96. The molecule has 0 spiro atoms. The van der Waals surface area contributed by atoms with Crippen LogP contribution in [0.5, 0.6) is 0 Å². The molecular formula is C35H53N6O10+. The molecule has 5 atom stereocenters. The van der Waals surface area contributed by atoms with Crippen molar-refractivity contribution in [2.45, 2.75) is 128 Å². The number of aliphatic hydroxyl groups is 1. The van der Waals surface area contributed by atoms with Gasteiger partial charge in [0.1, 0.15) is 42.2 Å². The number of carbonyl (C=O) groups is 4. The number of nitrogens with zero attached hydrogens (tertiary/aromatic N) is 2. The van der Waals surface area contributed by atoms with Gasteiger partial charge in [0.2, 0.25) is 5.60 Å². The van der Waals surface area contributed by atoms with Gasteiger partial charge in [-0.05, 0) is 71.4 Å². The van der Waals surface area contributed by atoms with E-state index in [2.05, 4.69) is 20.3 Å². The Hall–Kier alpha value is -4.33. The van der Waals surface area contributed by atoms with Crippen LogP contribution in [0.1, 0.15) is 98.4 Å². The number of aromatic amines is 1. The lowest BCUT2D eigenvalue weighted by Gasteiger charge is -2.28. The van der Waals surface area contributed by atoms with Crippen molar-refractivity contribution in [2.24, 2.45) is 22.6 Å². The molecule has 282 valence electrons. The average molecular weight is 718 g/mol. The van der Waals surface area contributed by atoms with Crippen molar-refractivity contribution in [3.63, 3.8) is 0 Å². The van der Waals surface area contributed by atoms with E-state index in [-0.39, 0.29) is 29.6 Å². The molecule has 16 heteroatoms. The first-order valence-electron chi connectivity index (χ1n) is 17.2. The number of nitriles is 1. The van der Waals surface area contributed by atoms with Crippen molar-refractivity contribution in [1.29, 1.82) is 5.26 Å². The van der Waals surface area contributed by atoms with Gasteiger partial charge < -0.3 is 44.8 Å². The standard InChI is InChI=1S/C35H52N6O10/c1-20(2)26(40-32(46)51-33(3,4)5)30(44)49-27-23(17-48-25(42)16-21-12-10-9-11-13-21)50-35(18-36,28(27)43)24-15-14-22(39-24)29(38-19-37)41-31(45)34(6,7)47-8/h14-15,19-21,23,26-28,39,43H,9-13,16-17H2,1-8H3,(H,40,46)(H2,37,38,41,45)/p+1/t23-,26-,27-,28-,35+/m1/s1. The minimum Gasteiger partial charge on any atom is -0.463 e. The highest BCUT2D eigenvalue weighted by molar-refractivity contribution is 6.01. The first kappa shape index (κ1) is 41.1. The maximum atomic E-state index is 13.6. The van der Waals surface area contributed by atoms with Crippen LogP contribution < -0.4 is 16.0 Å². The molecular weight excluding hydrogens is 664 g/mol. The molecule has 2 aliphatic rings. The van der Waals surface area contributed by atoms with Crippen LogP contribution in [-0.4, -0.2) is 95.5 Å². The molecule has 51 heavy (non-hydrogen) atoms. The summed E-state index contributed by atoms with van der Waals surface area (Å²) in [7, 11) is 1.36. The molecule has 16 nitrogen and oxygen atoms in total. The first-order valence-corrected chi connectivity index (χ1v) is 17.2. The van der Waals surface area contributed by atoms with E-state index in [1.807, 2.05) is 6.07 Å². The van der Waals surface area contributed by atoms with E-state index in [4.69, 9.17) is 29.4 Å². The average Bonchev–Trinajstić information content (AvgIpc) is 3.65. The number of aliphatic hydroxyl groups excluding tert-OH is 1. The number of aliphatic imine (C=N–C) groups is 1. The quantitative estimate of drug-likeness (QED) is 0.0888. The molecule has 2 amide bonds. The number of hydrogen-bond acceptors (Lipinski definition) is 11. The van der Waals surface area contributed by atoms with Gasteiger partial charge >= 0.3 is 23.9 Å². The SMILES string of the molecule is COC(C)(C)C(=O)N=C([NH+]=CN)c1ccc([C@]2(C#N)O[C@H](COC(=O)CC3CCCCC3)[C@@H](OC(=O)[C@H](NC(=O)OC(C)(C)C)C(C)C)[C@H]2O)[nH]1. The fourth-order valence-electron chi connectivity index (χ4n) is 5.78. The second-order valence-corrected chi connectivity index (χ2v) is 14.7. The molecule has 2 fully saturated rings. The smallest absolute Gasteiger partial charge is 0.408 e. The van der Waals surface area contributed by atoms with Crippen LogP contribution in [-0.2, 0) is 43.7 Å². The van der Waals surface area contributed by atoms with Crippen LogP contribution in [0.15, 0.2) is 17.1 Å². The van der Waals surface area contributed by atoms with Crippen LogP contribution >= 0.6 is 0 Å². The van der Waals surface area contributed by atoms with Crippen molar-refractivity contribution >= 4 is 36.1 Å². The summed E-state index contributed by atoms with van der Waals surface area (Å²) in [4.78, 5) is 61.6.